The van der Waals surface area contributed by atoms with Crippen molar-refractivity contribution in [1.82, 2.24) is 0 Å². The summed E-state index contributed by atoms with van der Waals surface area (Å²) in [7, 11) is -9.77. The summed E-state index contributed by atoms with van der Waals surface area (Å²) in [5, 5.41) is 2.18. The molecular formula is C13H9F5INOS. The summed E-state index contributed by atoms with van der Waals surface area (Å²) in [5.74, 6) is -0.683. The van der Waals surface area contributed by atoms with Crippen molar-refractivity contribution >= 4 is 44.4 Å². The summed E-state index contributed by atoms with van der Waals surface area (Å²) >= 11 is 1.97. The second-order valence-corrected chi connectivity index (χ2v) is 8.12. The third kappa shape index (κ3) is 4.32. The molecule has 0 heterocycles. The van der Waals surface area contributed by atoms with E-state index in [4.69, 9.17) is 0 Å². The zero-order valence-corrected chi connectivity index (χ0v) is 13.7. The van der Waals surface area contributed by atoms with Gasteiger partial charge in [-0.1, -0.05) is 31.6 Å². The van der Waals surface area contributed by atoms with Crippen LogP contribution in [0.2, 0.25) is 0 Å². The SMILES string of the molecule is O=C(Nc1cccc(S(F)(F)(F)(F)F)c1)c1cccc(I)c1. The summed E-state index contributed by atoms with van der Waals surface area (Å²) in [6.45, 7) is 0. The average Bonchev–Trinajstić information content (AvgIpc) is 2.36. The zero-order valence-electron chi connectivity index (χ0n) is 10.7. The van der Waals surface area contributed by atoms with Gasteiger partial charge in [-0.2, -0.15) is 0 Å². The first-order valence-corrected chi connectivity index (χ1v) is 8.79. The minimum absolute atomic E-state index is 0.213. The van der Waals surface area contributed by atoms with Gasteiger partial charge in [-0.3, -0.25) is 4.79 Å². The fourth-order valence-electron chi connectivity index (χ4n) is 1.65. The van der Waals surface area contributed by atoms with Gasteiger partial charge in [-0.25, -0.2) is 0 Å². The largest absolute Gasteiger partial charge is 0.322 e. The van der Waals surface area contributed by atoms with Crippen LogP contribution < -0.4 is 5.32 Å². The number of amides is 1. The van der Waals surface area contributed by atoms with Crippen LogP contribution in [0.3, 0.4) is 0 Å². The minimum Gasteiger partial charge on any atom is -0.322 e. The van der Waals surface area contributed by atoms with Crippen LogP contribution in [0, 0.1) is 3.57 Å². The Hall–Kier alpha value is -1.36. The Morgan fingerprint density at radius 2 is 1.59 bits per heavy atom. The highest BCUT2D eigenvalue weighted by Crippen LogP contribution is 3.02. The van der Waals surface area contributed by atoms with Crippen LogP contribution in [0.4, 0.5) is 25.1 Å². The Balaban J connectivity index is 2.31. The van der Waals surface area contributed by atoms with Crippen molar-refractivity contribution in [1.29, 1.82) is 0 Å². The van der Waals surface area contributed by atoms with Gasteiger partial charge >= 0.3 is 10.2 Å². The topological polar surface area (TPSA) is 29.1 Å². The summed E-state index contributed by atoms with van der Waals surface area (Å²) in [4.78, 5) is 9.87. The Morgan fingerprint density at radius 1 is 0.955 bits per heavy atom. The molecule has 0 aromatic heterocycles. The lowest BCUT2D eigenvalue weighted by atomic mass is 10.2. The Labute approximate surface area is 136 Å². The molecule has 1 amide bonds. The van der Waals surface area contributed by atoms with Crippen LogP contribution in [0.1, 0.15) is 10.4 Å². The van der Waals surface area contributed by atoms with Crippen LogP contribution in [0.15, 0.2) is 53.4 Å². The van der Waals surface area contributed by atoms with Gasteiger partial charge in [0.2, 0.25) is 0 Å². The molecule has 2 aromatic carbocycles. The zero-order chi connectivity index (χ0) is 16.7. The summed E-state index contributed by atoms with van der Waals surface area (Å²) in [5.41, 5.74) is -0.140. The second kappa shape index (κ2) is 4.82. The molecule has 2 nitrogen and oxygen atoms in total. The highest BCUT2D eigenvalue weighted by atomic mass is 127. The van der Waals surface area contributed by atoms with Gasteiger partial charge in [0.05, 0.1) is 0 Å². The second-order valence-electron chi connectivity index (χ2n) is 4.46. The van der Waals surface area contributed by atoms with Crippen LogP contribution in [-0.2, 0) is 0 Å². The van der Waals surface area contributed by atoms with Gasteiger partial charge in [-0.05, 0) is 59.0 Å². The predicted molar refractivity (Wildman–Crippen MR) is 85.0 cm³/mol. The van der Waals surface area contributed by atoms with E-state index >= 15 is 0 Å². The maximum Gasteiger partial charge on any atom is 0.310 e. The summed E-state index contributed by atoms with van der Waals surface area (Å²) < 4.78 is 64.4. The van der Waals surface area contributed by atoms with E-state index in [1.54, 1.807) is 12.1 Å². The molecule has 2 rings (SSSR count). The molecule has 2 aromatic rings. The third-order valence-corrected chi connectivity index (χ3v) is 4.44. The number of hydrogen-bond donors (Lipinski definition) is 1. The number of nitrogens with one attached hydrogen (secondary N) is 1. The molecule has 0 bridgehead atoms. The molecule has 0 aliphatic carbocycles. The van der Waals surface area contributed by atoms with E-state index in [0.717, 1.165) is 15.7 Å². The molecule has 9 heteroatoms. The van der Waals surface area contributed by atoms with Crippen LogP contribution in [0.25, 0.3) is 0 Å². The maximum atomic E-state index is 12.7. The fourth-order valence-corrected chi connectivity index (χ4v) is 2.88. The lowest BCUT2D eigenvalue weighted by Crippen LogP contribution is -2.13. The Kier molecular flexibility index (Phi) is 3.72. The number of anilines is 1. The van der Waals surface area contributed by atoms with Gasteiger partial charge in [0, 0.05) is 14.8 Å². The smallest absolute Gasteiger partial charge is 0.310 e. The number of rotatable bonds is 3. The van der Waals surface area contributed by atoms with E-state index in [1.165, 1.54) is 12.1 Å². The molecule has 0 atom stereocenters. The first-order valence-electron chi connectivity index (χ1n) is 5.76. The Morgan fingerprint density at radius 3 is 2.18 bits per heavy atom. The molecule has 22 heavy (non-hydrogen) atoms. The molecule has 1 N–H and O–H groups in total. The van der Waals surface area contributed by atoms with E-state index in [2.05, 4.69) is 5.32 Å². The fraction of sp³-hybridized carbons (Fsp3) is 0. The number of benzene rings is 2. The standard InChI is InChI=1S/C13H9F5INOS/c14-22(15,16,17,18)12-6-2-5-11(8-12)20-13(21)9-3-1-4-10(19)7-9/h1-8H,(H,20,21). The van der Waals surface area contributed by atoms with Crippen molar-refractivity contribution in [2.45, 2.75) is 4.90 Å². The average molecular weight is 449 g/mol. The number of carbonyl (C=O) groups excluding carboxylic acids is 1. The lowest BCUT2D eigenvalue weighted by Gasteiger charge is -2.40. The molecule has 0 unspecified atom stereocenters. The highest BCUT2D eigenvalue weighted by Gasteiger charge is 2.65. The van der Waals surface area contributed by atoms with E-state index in [9.17, 15) is 24.2 Å². The molecule has 0 aliphatic rings. The molecule has 120 valence electrons. The van der Waals surface area contributed by atoms with Crippen molar-refractivity contribution in [2.75, 3.05) is 5.32 Å². The summed E-state index contributed by atoms with van der Waals surface area (Å²) in [6.07, 6.45) is 0. The van der Waals surface area contributed by atoms with Gasteiger partial charge in [0.1, 0.15) is 4.90 Å². The molecule has 0 spiro atoms. The van der Waals surface area contributed by atoms with Crippen molar-refractivity contribution in [3.63, 3.8) is 0 Å². The van der Waals surface area contributed by atoms with Gasteiger partial charge in [0.25, 0.3) is 5.91 Å². The van der Waals surface area contributed by atoms with Crippen LogP contribution >= 0.6 is 32.8 Å². The number of halogens is 6. The quantitative estimate of drug-likeness (QED) is 0.439. The van der Waals surface area contributed by atoms with E-state index in [1.807, 2.05) is 22.6 Å². The first-order chi connectivity index (χ1) is 9.85. The number of carbonyl (C=O) groups is 1. The van der Waals surface area contributed by atoms with Crippen molar-refractivity contribution < 1.29 is 24.2 Å². The van der Waals surface area contributed by atoms with Crippen LogP contribution in [0.5, 0.6) is 0 Å². The number of hydrogen-bond acceptors (Lipinski definition) is 1. The lowest BCUT2D eigenvalue weighted by molar-refractivity contribution is 0.102. The van der Waals surface area contributed by atoms with Crippen molar-refractivity contribution in [3.05, 3.63) is 57.7 Å². The third-order valence-electron chi connectivity index (χ3n) is 2.62. The molecule has 0 radical (unpaired) electrons. The van der Waals surface area contributed by atoms with Gasteiger partial charge in [0.15, 0.2) is 0 Å². The van der Waals surface area contributed by atoms with E-state index < -0.39 is 21.0 Å². The maximum absolute atomic E-state index is 12.7. The minimum atomic E-state index is -9.77. The van der Waals surface area contributed by atoms with Crippen molar-refractivity contribution in [3.8, 4) is 0 Å². The normalized spacial score (nSPS) is 14.8. The monoisotopic (exact) mass is 449 g/mol. The summed E-state index contributed by atoms with van der Waals surface area (Å²) in [6, 6.07) is 8.75. The molecule has 0 saturated carbocycles. The van der Waals surface area contributed by atoms with Gasteiger partial charge < -0.3 is 5.32 Å². The molecule has 0 fully saturated rings. The molecule has 0 saturated heterocycles. The van der Waals surface area contributed by atoms with E-state index in [0.29, 0.717) is 0 Å². The van der Waals surface area contributed by atoms with Gasteiger partial charge in [-0.15, -0.1) is 0 Å². The van der Waals surface area contributed by atoms with Crippen LogP contribution in [-0.4, -0.2) is 5.91 Å². The predicted octanol–water partition coefficient (Wildman–Crippen LogP) is 6.20. The highest BCUT2D eigenvalue weighted by molar-refractivity contribution is 14.1. The first kappa shape index (κ1) is 17.0. The Bertz CT molecular complexity index is 748. The molecular weight excluding hydrogens is 440 g/mol. The molecule has 0 aliphatic heterocycles. The van der Waals surface area contributed by atoms with E-state index in [-0.39, 0.29) is 23.4 Å². The van der Waals surface area contributed by atoms with Crippen molar-refractivity contribution in [2.24, 2.45) is 0 Å².